The molecule has 0 bridgehead atoms. The van der Waals surface area contributed by atoms with Gasteiger partial charge in [-0.05, 0) is 23.6 Å². The van der Waals surface area contributed by atoms with Gasteiger partial charge in [-0.2, -0.15) is 0 Å². The molecule has 1 atom stereocenters. The summed E-state index contributed by atoms with van der Waals surface area (Å²) in [4.78, 5) is 7.37. The van der Waals surface area contributed by atoms with Gasteiger partial charge in [-0.1, -0.05) is 13.8 Å². The molecule has 3 N–H and O–H groups in total. The van der Waals surface area contributed by atoms with Gasteiger partial charge in [-0.3, -0.25) is 0 Å². The number of pyridine rings is 1. The topological polar surface area (TPSA) is 54.7 Å². The average Bonchev–Trinajstić information content (AvgIpc) is 2.62. The number of nitrogens with one attached hydrogen (secondary N) is 1. The molecule has 0 aromatic carbocycles. The molecule has 2 rings (SSSR count). The van der Waals surface area contributed by atoms with Gasteiger partial charge in [0.05, 0.1) is 0 Å². The van der Waals surface area contributed by atoms with Crippen LogP contribution in [0.3, 0.4) is 0 Å². The third kappa shape index (κ3) is 1.51. The first-order valence-corrected chi connectivity index (χ1v) is 4.87. The van der Waals surface area contributed by atoms with Crippen LogP contribution >= 0.6 is 0 Å². The molecule has 0 radical (unpaired) electrons. The van der Waals surface area contributed by atoms with Crippen LogP contribution < -0.4 is 5.73 Å². The molecule has 0 fully saturated rings. The number of H-pyrrole nitrogens is 1. The smallest absolute Gasteiger partial charge is 0.137 e. The highest BCUT2D eigenvalue weighted by Crippen LogP contribution is 2.21. The van der Waals surface area contributed by atoms with Crippen molar-refractivity contribution in [1.82, 2.24) is 9.97 Å². The Bertz CT molecular complexity index is 431. The molecule has 2 heterocycles. The van der Waals surface area contributed by atoms with Gasteiger partial charge in [0.1, 0.15) is 5.65 Å². The second-order valence-corrected chi connectivity index (χ2v) is 3.95. The first kappa shape index (κ1) is 9.21. The second kappa shape index (κ2) is 3.42. The minimum absolute atomic E-state index is 0.0711. The van der Waals surface area contributed by atoms with Crippen LogP contribution in [-0.2, 0) is 0 Å². The molecule has 0 amide bonds. The molecular weight excluding hydrogens is 174 g/mol. The Labute approximate surface area is 83.3 Å². The molecule has 1 unspecified atom stereocenters. The third-order valence-corrected chi connectivity index (χ3v) is 2.52. The lowest BCUT2D eigenvalue weighted by Crippen LogP contribution is -2.16. The fourth-order valence-corrected chi connectivity index (χ4v) is 1.52. The van der Waals surface area contributed by atoms with Gasteiger partial charge in [0, 0.05) is 23.8 Å². The molecule has 0 saturated heterocycles. The van der Waals surface area contributed by atoms with Crippen LogP contribution in [0.25, 0.3) is 11.0 Å². The number of nitrogens with two attached hydrogens (primary N) is 1. The Balaban J connectivity index is 2.43. The van der Waals surface area contributed by atoms with Crippen LogP contribution in [0, 0.1) is 5.92 Å². The molecule has 2 aromatic rings. The van der Waals surface area contributed by atoms with Crippen molar-refractivity contribution in [1.29, 1.82) is 0 Å². The molecular formula is C11H15N3. The summed E-state index contributed by atoms with van der Waals surface area (Å²) in [6, 6.07) is 4.18. The van der Waals surface area contributed by atoms with E-state index in [4.69, 9.17) is 5.73 Å². The summed E-state index contributed by atoms with van der Waals surface area (Å²) >= 11 is 0. The molecule has 3 heteroatoms. The highest BCUT2D eigenvalue weighted by atomic mass is 14.8. The first-order valence-electron chi connectivity index (χ1n) is 4.87. The van der Waals surface area contributed by atoms with Crippen LogP contribution in [0.5, 0.6) is 0 Å². The molecule has 2 aromatic heterocycles. The summed E-state index contributed by atoms with van der Waals surface area (Å²) < 4.78 is 0. The van der Waals surface area contributed by atoms with Gasteiger partial charge >= 0.3 is 0 Å². The molecule has 0 aliphatic rings. The van der Waals surface area contributed by atoms with Crippen molar-refractivity contribution in [3.8, 4) is 0 Å². The van der Waals surface area contributed by atoms with Crippen LogP contribution in [0.4, 0.5) is 0 Å². The lowest BCUT2D eigenvalue weighted by molar-refractivity contribution is 0.513. The Morgan fingerprint density at radius 2 is 2.21 bits per heavy atom. The standard InChI is InChI=1S/C11H15N3/c1-7(2)10(12)9-5-8-3-4-13-11(8)14-6-9/h3-7,10H,12H2,1-2H3,(H,13,14). The number of fused-ring (bicyclic) bond motifs is 1. The summed E-state index contributed by atoms with van der Waals surface area (Å²) in [7, 11) is 0. The van der Waals surface area contributed by atoms with E-state index in [1.54, 1.807) is 0 Å². The highest BCUT2D eigenvalue weighted by molar-refractivity contribution is 5.75. The normalized spacial score (nSPS) is 13.7. The van der Waals surface area contributed by atoms with Crippen LogP contribution in [0.2, 0.25) is 0 Å². The zero-order valence-electron chi connectivity index (χ0n) is 8.49. The van der Waals surface area contributed by atoms with E-state index in [0.717, 1.165) is 16.6 Å². The fraction of sp³-hybridized carbons (Fsp3) is 0.364. The van der Waals surface area contributed by atoms with Crippen LogP contribution in [-0.4, -0.2) is 9.97 Å². The number of nitrogens with zero attached hydrogens (tertiary/aromatic N) is 1. The van der Waals surface area contributed by atoms with Crippen molar-refractivity contribution >= 4 is 11.0 Å². The molecule has 3 nitrogen and oxygen atoms in total. The van der Waals surface area contributed by atoms with Crippen LogP contribution in [0.1, 0.15) is 25.5 Å². The van der Waals surface area contributed by atoms with Gasteiger partial charge < -0.3 is 10.7 Å². The summed E-state index contributed by atoms with van der Waals surface area (Å²) in [5.74, 6) is 0.438. The van der Waals surface area contributed by atoms with Crippen molar-refractivity contribution in [2.75, 3.05) is 0 Å². The SMILES string of the molecule is CC(C)C(N)c1cnc2[nH]ccc2c1. The molecule has 14 heavy (non-hydrogen) atoms. The van der Waals surface area contributed by atoms with E-state index in [2.05, 4.69) is 29.9 Å². The maximum Gasteiger partial charge on any atom is 0.137 e. The minimum Gasteiger partial charge on any atom is -0.346 e. The second-order valence-electron chi connectivity index (χ2n) is 3.95. The Kier molecular flexibility index (Phi) is 2.25. The van der Waals surface area contributed by atoms with Gasteiger partial charge in [-0.15, -0.1) is 0 Å². The third-order valence-electron chi connectivity index (χ3n) is 2.52. The van der Waals surface area contributed by atoms with Crippen molar-refractivity contribution < 1.29 is 0 Å². The Morgan fingerprint density at radius 3 is 2.93 bits per heavy atom. The van der Waals surface area contributed by atoms with Gasteiger partial charge in [-0.25, -0.2) is 4.98 Å². The van der Waals surface area contributed by atoms with E-state index in [1.165, 1.54) is 0 Å². The number of rotatable bonds is 2. The number of aromatic nitrogens is 2. The number of hydrogen-bond donors (Lipinski definition) is 2. The zero-order valence-corrected chi connectivity index (χ0v) is 8.49. The van der Waals surface area contributed by atoms with E-state index >= 15 is 0 Å². The van der Waals surface area contributed by atoms with E-state index in [1.807, 2.05) is 18.5 Å². The van der Waals surface area contributed by atoms with Crippen molar-refractivity contribution in [2.24, 2.45) is 11.7 Å². The maximum atomic E-state index is 6.05. The quantitative estimate of drug-likeness (QED) is 0.761. The summed E-state index contributed by atoms with van der Waals surface area (Å²) in [6.45, 7) is 4.23. The van der Waals surface area contributed by atoms with Gasteiger partial charge in [0.15, 0.2) is 0 Å². The van der Waals surface area contributed by atoms with Gasteiger partial charge in [0.25, 0.3) is 0 Å². The summed E-state index contributed by atoms with van der Waals surface area (Å²) in [5.41, 5.74) is 8.07. The lowest BCUT2D eigenvalue weighted by Gasteiger charge is -2.15. The summed E-state index contributed by atoms with van der Waals surface area (Å²) in [6.07, 6.45) is 3.74. The average molecular weight is 189 g/mol. The molecule has 0 saturated carbocycles. The van der Waals surface area contributed by atoms with E-state index in [-0.39, 0.29) is 6.04 Å². The van der Waals surface area contributed by atoms with Crippen molar-refractivity contribution in [3.05, 3.63) is 30.1 Å². The zero-order chi connectivity index (χ0) is 10.1. The molecule has 74 valence electrons. The molecule has 0 aliphatic heterocycles. The van der Waals surface area contributed by atoms with Crippen molar-refractivity contribution in [3.63, 3.8) is 0 Å². The van der Waals surface area contributed by atoms with E-state index in [0.29, 0.717) is 5.92 Å². The lowest BCUT2D eigenvalue weighted by atomic mass is 9.98. The summed E-state index contributed by atoms with van der Waals surface area (Å²) in [5, 5.41) is 1.12. The largest absolute Gasteiger partial charge is 0.346 e. The molecule has 0 aliphatic carbocycles. The van der Waals surface area contributed by atoms with Gasteiger partial charge in [0.2, 0.25) is 0 Å². The van der Waals surface area contributed by atoms with Crippen LogP contribution in [0.15, 0.2) is 24.5 Å². The number of aromatic amines is 1. The number of hydrogen-bond acceptors (Lipinski definition) is 2. The minimum atomic E-state index is 0.0711. The highest BCUT2D eigenvalue weighted by Gasteiger charge is 2.11. The van der Waals surface area contributed by atoms with E-state index < -0.39 is 0 Å². The monoisotopic (exact) mass is 189 g/mol. The van der Waals surface area contributed by atoms with Crippen molar-refractivity contribution in [2.45, 2.75) is 19.9 Å². The molecule has 0 spiro atoms. The fourth-order valence-electron chi connectivity index (χ4n) is 1.52. The predicted octanol–water partition coefficient (Wildman–Crippen LogP) is 2.22. The Hall–Kier alpha value is -1.35. The van der Waals surface area contributed by atoms with E-state index in [9.17, 15) is 0 Å². The predicted molar refractivity (Wildman–Crippen MR) is 57.9 cm³/mol. The first-order chi connectivity index (χ1) is 6.68. The maximum absolute atomic E-state index is 6.05. The Morgan fingerprint density at radius 1 is 1.43 bits per heavy atom.